The lowest BCUT2D eigenvalue weighted by Gasteiger charge is -2.33. The van der Waals surface area contributed by atoms with E-state index in [1.54, 1.807) is 36.2 Å². The highest BCUT2D eigenvalue weighted by molar-refractivity contribution is 6.30. The highest BCUT2D eigenvalue weighted by Gasteiger charge is 2.27. The Morgan fingerprint density at radius 3 is 2.62 bits per heavy atom. The number of carbonyl (C=O) groups excluding carboxylic acids is 1. The molecule has 0 spiro atoms. The zero-order valence-electron chi connectivity index (χ0n) is 13.7. The van der Waals surface area contributed by atoms with Gasteiger partial charge in [0, 0.05) is 24.3 Å². The van der Waals surface area contributed by atoms with Crippen LogP contribution in [0.2, 0.25) is 5.02 Å². The first-order valence-electron chi connectivity index (χ1n) is 7.80. The van der Waals surface area contributed by atoms with E-state index in [1.165, 1.54) is 4.57 Å². The van der Waals surface area contributed by atoms with Crippen molar-refractivity contribution in [2.45, 2.75) is 13.0 Å². The van der Waals surface area contributed by atoms with Crippen LogP contribution in [-0.4, -0.2) is 35.1 Å². The normalized spacial score (nSPS) is 17.8. The first-order chi connectivity index (χ1) is 11.5. The van der Waals surface area contributed by atoms with Gasteiger partial charge in [0.15, 0.2) is 0 Å². The number of carbonyl (C=O) groups is 1. The summed E-state index contributed by atoms with van der Waals surface area (Å²) in [5.41, 5.74) is 1.71. The fourth-order valence-electron chi connectivity index (χ4n) is 2.77. The summed E-state index contributed by atoms with van der Waals surface area (Å²) < 4.78 is 7.26. The van der Waals surface area contributed by atoms with Crippen molar-refractivity contribution in [3.63, 3.8) is 0 Å². The Morgan fingerprint density at radius 1 is 1.21 bits per heavy atom. The number of rotatable bonds is 2. The van der Waals surface area contributed by atoms with E-state index in [0.717, 1.165) is 11.3 Å². The second-order valence-electron chi connectivity index (χ2n) is 5.91. The third kappa shape index (κ3) is 3.23. The van der Waals surface area contributed by atoms with Crippen LogP contribution in [0.15, 0.2) is 41.2 Å². The van der Waals surface area contributed by atoms with Crippen molar-refractivity contribution in [3.05, 3.63) is 68.6 Å². The Bertz CT molecular complexity index is 814. The van der Waals surface area contributed by atoms with Crippen LogP contribution < -0.4 is 5.56 Å². The zero-order valence-corrected chi connectivity index (χ0v) is 14.4. The van der Waals surface area contributed by atoms with Crippen molar-refractivity contribution in [2.75, 3.05) is 19.7 Å². The van der Waals surface area contributed by atoms with E-state index in [9.17, 15) is 9.59 Å². The lowest BCUT2D eigenvalue weighted by molar-refractivity contribution is -0.0229. The quantitative estimate of drug-likeness (QED) is 0.839. The molecule has 1 atom stereocenters. The molecule has 6 heteroatoms. The number of hydrogen-bond donors (Lipinski definition) is 0. The van der Waals surface area contributed by atoms with Gasteiger partial charge in [0.1, 0.15) is 11.7 Å². The molecule has 1 aliphatic heterocycles. The predicted molar refractivity (Wildman–Crippen MR) is 92.5 cm³/mol. The standard InChI is InChI=1S/C18H19ClN2O3/c1-12-3-8-15(17(22)20(12)2)18(23)21-9-10-24-16(11-21)13-4-6-14(19)7-5-13/h3-8,16H,9-11H2,1-2H3. The summed E-state index contributed by atoms with van der Waals surface area (Å²) in [5.74, 6) is -0.252. The minimum Gasteiger partial charge on any atom is -0.370 e. The molecule has 1 unspecified atom stereocenters. The van der Waals surface area contributed by atoms with E-state index in [0.29, 0.717) is 24.7 Å². The first-order valence-corrected chi connectivity index (χ1v) is 8.18. The molecule has 1 fully saturated rings. The molecule has 2 heterocycles. The second-order valence-corrected chi connectivity index (χ2v) is 6.35. The highest BCUT2D eigenvalue weighted by atomic mass is 35.5. The van der Waals surface area contributed by atoms with Crippen molar-refractivity contribution in [3.8, 4) is 0 Å². The van der Waals surface area contributed by atoms with Crippen LogP contribution in [0.3, 0.4) is 0 Å². The Balaban J connectivity index is 1.82. The number of amides is 1. The number of ether oxygens (including phenoxy) is 1. The number of nitrogens with zero attached hydrogens (tertiary/aromatic N) is 2. The summed E-state index contributed by atoms with van der Waals surface area (Å²) in [5, 5.41) is 0.658. The lowest BCUT2D eigenvalue weighted by Crippen LogP contribution is -2.44. The van der Waals surface area contributed by atoms with Crippen LogP contribution in [0.5, 0.6) is 0 Å². The number of benzene rings is 1. The molecule has 1 amide bonds. The molecule has 1 aliphatic rings. The Hall–Kier alpha value is -2.11. The molecule has 0 saturated carbocycles. The summed E-state index contributed by atoms with van der Waals surface area (Å²) in [7, 11) is 1.67. The van der Waals surface area contributed by atoms with E-state index >= 15 is 0 Å². The van der Waals surface area contributed by atoms with Gasteiger partial charge in [-0.1, -0.05) is 23.7 Å². The van der Waals surface area contributed by atoms with Gasteiger partial charge >= 0.3 is 0 Å². The summed E-state index contributed by atoms with van der Waals surface area (Å²) in [6.07, 6.45) is -0.214. The van der Waals surface area contributed by atoms with E-state index in [2.05, 4.69) is 0 Å². The van der Waals surface area contributed by atoms with Crippen molar-refractivity contribution in [2.24, 2.45) is 7.05 Å². The zero-order chi connectivity index (χ0) is 17.3. The van der Waals surface area contributed by atoms with E-state index < -0.39 is 0 Å². The van der Waals surface area contributed by atoms with Crippen LogP contribution in [0, 0.1) is 6.92 Å². The summed E-state index contributed by atoms with van der Waals surface area (Å²) in [4.78, 5) is 26.8. The maximum atomic E-state index is 12.8. The Morgan fingerprint density at radius 2 is 1.92 bits per heavy atom. The van der Waals surface area contributed by atoms with Crippen LogP contribution in [0.1, 0.15) is 27.7 Å². The average molecular weight is 347 g/mol. The lowest BCUT2D eigenvalue weighted by atomic mass is 10.1. The predicted octanol–water partition coefficient (Wildman–Crippen LogP) is 2.56. The number of hydrogen-bond acceptors (Lipinski definition) is 3. The van der Waals surface area contributed by atoms with Crippen LogP contribution >= 0.6 is 11.6 Å². The van der Waals surface area contributed by atoms with E-state index in [-0.39, 0.29) is 23.1 Å². The summed E-state index contributed by atoms with van der Waals surface area (Å²) >= 11 is 5.91. The van der Waals surface area contributed by atoms with Crippen LogP contribution in [0.4, 0.5) is 0 Å². The van der Waals surface area contributed by atoms with E-state index in [1.807, 2.05) is 19.1 Å². The molecular weight excluding hydrogens is 328 g/mol. The van der Waals surface area contributed by atoms with Gasteiger partial charge in [0.25, 0.3) is 11.5 Å². The fourth-order valence-corrected chi connectivity index (χ4v) is 2.90. The number of pyridine rings is 1. The van der Waals surface area contributed by atoms with Gasteiger partial charge in [-0.15, -0.1) is 0 Å². The molecule has 0 aliphatic carbocycles. The third-order valence-electron chi connectivity index (χ3n) is 4.38. The maximum absolute atomic E-state index is 12.8. The van der Waals surface area contributed by atoms with Crippen molar-refractivity contribution in [1.82, 2.24) is 9.47 Å². The summed E-state index contributed by atoms with van der Waals surface area (Å²) in [6, 6.07) is 10.8. The van der Waals surface area contributed by atoms with Gasteiger partial charge in [-0.2, -0.15) is 0 Å². The molecule has 5 nitrogen and oxygen atoms in total. The monoisotopic (exact) mass is 346 g/mol. The molecule has 126 valence electrons. The highest BCUT2D eigenvalue weighted by Crippen LogP contribution is 2.24. The van der Waals surface area contributed by atoms with Crippen LogP contribution in [0.25, 0.3) is 0 Å². The van der Waals surface area contributed by atoms with Gasteiger partial charge in [-0.3, -0.25) is 9.59 Å². The van der Waals surface area contributed by atoms with Gasteiger partial charge in [0.2, 0.25) is 0 Å². The smallest absolute Gasteiger partial charge is 0.263 e. The number of aromatic nitrogens is 1. The SMILES string of the molecule is Cc1ccc(C(=O)N2CCOC(c3ccc(Cl)cc3)C2)c(=O)n1C. The Labute approximate surface area is 145 Å². The molecule has 24 heavy (non-hydrogen) atoms. The molecule has 0 bridgehead atoms. The molecular formula is C18H19ClN2O3. The average Bonchev–Trinajstić information content (AvgIpc) is 2.60. The number of morpholine rings is 1. The third-order valence-corrected chi connectivity index (χ3v) is 4.63. The number of aryl methyl sites for hydroxylation is 1. The number of halogens is 1. The van der Waals surface area contributed by atoms with Gasteiger partial charge in [-0.05, 0) is 36.8 Å². The second kappa shape index (κ2) is 6.79. The van der Waals surface area contributed by atoms with Gasteiger partial charge in [-0.25, -0.2) is 0 Å². The van der Waals surface area contributed by atoms with Gasteiger partial charge in [0.05, 0.1) is 13.2 Å². The molecule has 3 rings (SSSR count). The molecule has 1 aromatic carbocycles. The maximum Gasteiger partial charge on any atom is 0.263 e. The van der Waals surface area contributed by atoms with Crippen LogP contribution in [-0.2, 0) is 11.8 Å². The molecule has 2 aromatic rings. The van der Waals surface area contributed by atoms with Gasteiger partial charge < -0.3 is 14.2 Å². The molecule has 0 radical (unpaired) electrons. The topological polar surface area (TPSA) is 51.5 Å². The summed E-state index contributed by atoms with van der Waals surface area (Å²) in [6.45, 7) is 3.16. The van der Waals surface area contributed by atoms with Crippen molar-refractivity contribution in [1.29, 1.82) is 0 Å². The Kier molecular flexibility index (Phi) is 4.73. The first kappa shape index (κ1) is 16.7. The fraction of sp³-hybridized carbons (Fsp3) is 0.333. The minimum atomic E-state index is -0.269. The molecule has 1 aromatic heterocycles. The minimum absolute atomic E-state index is 0.194. The molecule has 1 saturated heterocycles. The van der Waals surface area contributed by atoms with E-state index in [4.69, 9.17) is 16.3 Å². The van der Waals surface area contributed by atoms with Crippen molar-refractivity contribution >= 4 is 17.5 Å². The van der Waals surface area contributed by atoms with Crippen molar-refractivity contribution < 1.29 is 9.53 Å². The largest absolute Gasteiger partial charge is 0.370 e. The molecule has 0 N–H and O–H groups in total.